The van der Waals surface area contributed by atoms with Crippen molar-refractivity contribution < 1.29 is 55.6 Å². The first-order valence-corrected chi connectivity index (χ1v) is 13.7. The first kappa shape index (κ1) is 28.9. The van der Waals surface area contributed by atoms with E-state index in [1.807, 2.05) is 0 Å². The van der Waals surface area contributed by atoms with Gasteiger partial charge < -0.3 is 34.0 Å². The Kier molecular flexibility index (Phi) is 7.38. The molecular weight excluding hydrogens is 586 g/mol. The molecule has 0 radical (unpaired) electrons. The van der Waals surface area contributed by atoms with Crippen molar-refractivity contribution in [2.45, 2.75) is 9.79 Å². The Balaban J connectivity index is 1.69. The summed E-state index contributed by atoms with van der Waals surface area (Å²) < 4.78 is 67.7. The lowest BCUT2D eigenvalue weighted by atomic mass is 10.1. The number of carboxylic acids is 2. The maximum Gasteiger partial charge on any atom is 0.281 e. The highest BCUT2D eigenvalue weighted by atomic mass is 32.2. The molecule has 17 heteroatoms. The van der Waals surface area contributed by atoms with Gasteiger partial charge in [-0.1, -0.05) is 6.08 Å². The second kappa shape index (κ2) is 10.5. The molecule has 1 amide bonds. The molecular formula is C24H13N3O12S2-4. The first-order valence-electron chi connectivity index (χ1n) is 10.9. The predicted octanol–water partition coefficient (Wildman–Crippen LogP) is -1.55. The minimum absolute atomic E-state index is 0.0687. The van der Waals surface area contributed by atoms with E-state index in [4.69, 9.17) is 0 Å². The van der Waals surface area contributed by atoms with Gasteiger partial charge in [-0.05, 0) is 60.7 Å². The van der Waals surface area contributed by atoms with Gasteiger partial charge in [0.05, 0.1) is 33.0 Å². The average Bonchev–Trinajstić information content (AvgIpc) is 3.40. The summed E-state index contributed by atoms with van der Waals surface area (Å²) in [6, 6.07) is 8.03. The van der Waals surface area contributed by atoms with Crippen LogP contribution in [0.15, 0.2) is 87.3 Å². The molecule has 41 heavy (non-hydrogen) atoms. The van der Waals surface area contributed by atoms with Crippen LogP contribution in [0.4, 0.5) is 5.69 Å². The van der Waals surface area contributed by atoms with Gasteiger partial charge in [-0.3, -0.25) is 9.36 Å². The molecule has 1 aliphatic rings. The molecule has 212 valence electrons. The standard InChI is InChI=1S/C24H17N3O12S2/c28-21-17(19(23(30)31)12-26(21)13-4-8-15(9-5-13)40(34,35)36)2-1-3-18-20(24(32)33)25-27(22(18)29)14-6-10-16(11-7-14)41(37,38)39/h1-12,28H,(H,30,31)(H,32,33)(H,34,35,36)(H,37,38,39)/p-4/b2-1?,18-3-. The Labute approximate surface area is 230 Å². The van der Waals surface area contributed by atoms with Crippen LogP contribution in [0.5, 0.6) is 5.88 Å². The van der Waals surface area contributed by atoms with Crippen molar-refractivity contribution in [1.82, 2.24) is 4.57 Å². The largest absolute Gasteiger partial charge is 0.744 e. The van der Waals surface area contributed by atoms with Crippen LogP contribution < -0.4 is 15.2 Å². The Hall–Kier alpha value is -5.10. The van der Waals surface area contributed by atoms with Gasteiger partial charge in [-0.15, -0.1) is 0 Å². The number of allylic oxidation sites excluding steroid dienone is 2. The second-order valence-corrected chi connectivity index (χ2v) is 10.9. The van der Waals surface area contributed by atoms with Crippen molar-refractivity contribution in [2.75, 3.05) is 5.01 Å². The van der Waals surface area contributed by atoms with E-state index >= 15 is 0 Å². The van der Waals surface area contributed by atoms with Crippen molar-refractivity contribution >= 4 is 55.6 Å². The summed E-state index contributed by atoms with van der Waals surface area (Å²) in [5, 5.41) is 38.2. The highest BCUT2D eigenvalue weighted by molar-refractivity contribution is 7.86. The van der Waals surface area contributed by atoms with Gasteiger partial charge in [-0.2, -0.15) is 10.1 Å². The summed E-state index contributed by atoms with van der Waals surface area (Å²) in [6.07, 6.45) is 3.93. The topological polar surface area (TPSA) is 252 Å². The van der Waals surface area contributed by atoms with Gasteiger partial charge in [0.2, 0.25) is 5.88 Å². The number of hydrazone groups is 1. The molecule has 0 unspecified atom stereocenters. The van der Waals surface area contributed by atoms with Crippen molar-refractivity contribution in [3.63, 3.8) is 0 Å². The molecule has 0 saturated carbocycles. The zero-order valence-corrected chi connectivity index (χ0v) is 21.7. The maximum absolute atomic E-state index is 12.9. The van der Waals surface area contributed by atoms with E-state index in [1.165, 1.54) is 0 Å². The number of hydrogen-bond acceptors (Lipinski definition) is 13. The zero-order valence-electron chi connectivity index (χ0n) is 20.0. The molecule has 0 saturated heterocycles. The third-order valence-electron chi connectivity index (χ3n) is 5.61. The van der Waals surface area contributed by atoms with E-state index in [9.17, 15) is 55.6 Å². The summed E-state index contributed by atoms with van der Waals surface area (Å²) in [7, 11) is -9.55. The van der Waals surface area contributed by atoms with E-state index in [0.717, 1.165) is 77.5 Å². The number of amides is 1. The number of nitrogens with zero attached hydrogens (tertiary/aromatic N) is 3. The first-order chi connectivity index (χ1) is 19.1. The van der Waals surface area contributed by atoms with Gasteiger partial charge >= 0.3 is 0 Å². The van der Waals surface area contributed by atoms with Crippen LogP contribution in [-0.4, -0.2) is 59.2 Å². The highest BCUT2D eigenvalue weighted by Crippen LogP contribution is 2.30. The summed E-state index contributed by atoms with van der Waals surface area (Å²) in [5.74, 6) is -5.25. The summed E-state index contributed by atoms with van der Waals surface area (Å²) in [6.45, 7) is 0. The third kappa shape index (κ3) is 5.77. The third-order valence-corrected chi connectivity index (χ3v) is 7.31. The Morgan fingerprint density at radius 2 is 1.34 bits per heavy atom. The number of carbonyl (C=O) groups excluding carboxylic acids is 3. The lowest BCUT2D eigenvalue weighted by Crippen LogP contribution is -2.32. The molecule has 1 aliphatic heterocycles. The van der Waals surface area contributed by atoms with E-state index in [1.54, 1.807) is 0 Å². The molecule has 4 rings (SSSR count). The van der Waals surface area contributed by atoms with Crippen LogP contribution in [0.2, 0.25) is 0 Å². The quantitative estimate of drug-likeness (QED) is 0.228. The van der Waals surface area contributed by atoms with Crippen LogP contribution in [0.25, 0.3) is 11.8 Å². The number of rotatable bonds is 8. The van der Waals surface area contributed by atoms with Gasteiger partial charge in [0, 0.05) is 23.0 Å². The Morgan fingerprint density at radius 3 is 1.80 bits per heavy atom. The Morgan fingerprint density at radius 1 is 0.829 bits per heavy atom. The van der Waals surface area contributed by atoms with E-state index < -0.39 is 70.6 Å². The lowest BCUT2D eigenvalue weighted by Gasteiger charge is -2.13. The van der Waals surface area contributed by atoms with Crippen molar-refractivity contribution in [3.8, 4) is 11.6 Å². The molecule has 0 aliphatic carbocycles. The van der Waals surface area contributed by atoms with Crippen LogP contribution in [-0.2, 0) is 29.8 Å². The van der Waals surface area contributed by atoms with Crippen LogP contribution in [0, 0.1) is 0 Å². The van der Waals surface area contributed by atoms with Gasteiger partial charge in [0.25, 0.3) is 5.91 Å². The number of hydrogen-bond donors (Lipinski definition) is 1. The van der Waals surface area contributed by atoms with Crippen LogP contribution in [0.3, 0.4) is 0 Å². The van der Waals surface area contributed by atoms with Crippen molar-refractivity contribution in [1.29, 1.82) is 0 Å². The minimum atomic E-state index is -4.79. The molecule has 0 fully saturated rings. The fourth-order valence-electron chi connectivity index (χ4n) is 3.69. The number of aliphatic carboxylic acids is 1. The van der Waals surface area contributed by atoms with E-state index in [2.05, 4.69) is 5.10 Å². The summed E-state index contributed by atoms with van der Waals surface area (Å²) in [5.41, 5.74) is -2.25. The summed E-state index contributed by atoms with van der Waals surface area (Å²) >= 11 is 0. The molecule has 2 heterocycles. The van der Waals surface area contributed by atoms with E-state index in [0.29, 0.717) is 5.01 Å². The fourth-order valence-corrected chi connectivity index (χ4v) is 4.63. The average molecular weight is 600 g/mol. The second-order valence-electron chi connectivity index (χ2n) is 8.13. The molecule has 15 nitrogen and oxygen atoms in total. The zero-order chi connectivity index (χ0) is 30.3. The number of aromatic nitrogens is 1. The fraction of sp³-hybridized carbons (Fsp3) is 0. The molecule has 1 aromatic heterocycles. The molecule has 3 aromatic rings. The number of carbonyl (C=O) groups is 3. The number of carboxylic acid groups (broad SMARTS) is 2. The highest BCUT2D eigenvalue weighted by Gasteiger charge is 2.31. The number of benzene rings is 2. The van der Waals surface area contributed by atoms with Gasteiger partial charge in [0.1, 0.15) is 25.9 Å². The molecule has 0 atom stereocenters. The predicted molar refractivity (Wildman–Crippen MR) is 131 cm³/mol. The minimum Gasteiger partial charge on any atom is -0.744 e. The van der Waals surface area contributed by atoms with E-state index in [-0.39, 0.29) is 16.9 Å². The van der Waals surface area contributed by atoms with Gasteiger partial charge in [0.15, 0.2) is 0 Å². The van der Waals surface area contributed by atoms with Crippen molar-refractivity contribution in [3.05, 3.63) is 83.6 Å². The monoisotopic (exact) mass is 599 g/mol. The number of aromatic carboxylic acids is 1. The molecule has 2 aromatic carbocycles. The van der Waals surface area contributed by atoms with Crippen LogP contribution in [0.1, 0.15) is 15.9 Å². The van der Waals surface area contributed by atoms with Gasteiger partial charge in [-0.25, -0.2) is 16.8 Å². The Bertz CT molecular complexity index is 1900. The number of aromatic hydroxyl groups is 1. The normalized spacial score (nSPS) is 15.1. The maximum atomic E-state index is 12.9. The number of anilines is 1. The SMILES string of the molecule is O=C([O-])C1=NN(c2ccc(S(=O)(=O)[O-])cc2)C(=O)/C1=C\C=Cc1c(C(=O)[O-])cn(-c2ccc(S(=O)(=O)[O-])cc2)c1O. The molecule has 1 N–H and O–H groups in total. The molecule has 0 spiro atoms. The van der Waals surface area contributed by atoms with Crippen molar-refractivity contribution in [2.24, 2.45) is 5.10 Å². The van der Waals surface area contributed by atoms with Crippen LogP contribution >= 0.6 is 0 Å². The summed E-state index contributed by atoms with van der Waals surface area (Å²) in [4.78, 5) is 35.0. The lowest BCUT2D eigenvalue weighted by molar-refractivity contribution is -0.294. The smallest absolute Gasteiger partial charge is 0.281 e. The molecule has 0 bridgehead atoms.